The maximum atomic E-state index is 11.5. The first-order chi connectivity index (χ1) is 9.63. The average Bonchev–Trinajstić information content (AvgIpc) is 2.81. The Bertz CT molecular complexity index is 551. The van der Waals surface area contributed by atoms with Gasteiger partial charge in [-0.15, -0.1) is 0 Å². The zero-order valence-electron chi connectivity index (χ0n) is 11.1. The molecule has 0 aliphatic carbocycles. The van der Waals surface area contributed by atoms with Crippen LogP contribution in [0.4, 0.5) is 4.79 Å². The van der Waals surface area contributed by atoms with Crippen molar-refractivity contribution < 1.29 is 14.7 Å². The van der Waals surface area contributed by atoms with Crippen molar-refractivity contribution in [1.82, 2.24) is 15.2 Å². The summed E-state index contributed by atoms with van der Waals surface area (Å²) in [7, 11) is 0. The molecule has 2 amide bonds. The van der Waals surface area contributed by atoms with Crippen LogP contribution in [0.15, 0.2) is 12.1 Å². The van der Waals surface area contributed by atoms with Gasteiger partial charge in [-0.05, 0) is 37.3 Å². The molecule has 1 saturated heterocycles. The quantitative estimate of drug-likeness (QED) is 0.851. The molecule has 20 heavy (non-hydrogen) atoms. The lowest BCUT2D eigenvalue weighted by Gasteiger charge is -2.29. The number of hydrogen-bond donors (Lipinski definition) is 2. The Morgan fingerprint density at radius 1 is 1.40 bits per heavy atom. The number of aromatic nitrogens is 1. The van der Waals surface area contributed by atoms with E-state index in [1.54, 1.807) is 0 Å². The number of hydrogen-bond acceptors (Lipinski definition) is 3. The van der Waals surface area contributed by atoms with Gasteiger partial charge < -0.3 is 15.3 Å². The number of fused-ring (bicyclic) bond motifs is 1. The van der Waals surface area contributed by atoms with Crippen LogP contribution in [-0.4, -0.2) is 40.1 Å². The van der Waals surface area contributed by atoms with Gasteiger partial charge in [0.05, 0.1) is 17.8 Å². The predicted molar refractivity (Wildman–Crippen MR) is 71.4 cm³/mol. The van der Waals surface area contributed by atoms with Crippen molar-refractivity contribution in [1.29, 1.82) is 0 Å². The van der Waals surface area contributed by atoms with Crippen LogP contribution in [0, 0.1) is 5.92 Å². The second-order valence-electron chi connectivity index (χ2n) is 5.40. The Morgan fingerprint density at radius 3 is 2.85 bits per heavy atom. The maximum absolute atomic E-state index is 11.5. The fraction of sp³-hybridized carbons (Fsp3) is 0.500. The number of carboxylic acid groups (broad SMARTS) is 1. The molecule has 6 heteroatoms. The topological polar surface area (TPSA) is 82.5 Å². The number of rotatable bonds is 2. The molecule has 2 aliphatic heterocycles. The number of carbonyl (C=O) groups excluding carboxylic acids is 1. The molecule has 0 bridgehead atoms. The highest BCUT2D eigenvalue weighted by atomic mass is 16.4. The van der Waals surface area contributed by atoms with Crippen LogP contribution < -0.4 is 5.32 Å². The van der Waals surface area contributed by atoms with E-state index in [0.29, 0.717) is 31.1 Å². The number of nitrogens with zero attached hydrogens (tertiary/aromatic N) is 2. The molecule has 0 spiro atoms. The second kappa shape index (κ2) is 5.11. The van der Waals surface area contributed by atoms with Crippen molar-refractivity contribution in [2.75, 3.05) is 13.1 Å². The Labute approximate surface area is 116 Å². The largest absolute Gasteiger partial charge is 0.465 e. The van der Waals surface area contributed by atoms with Gasteiger partial charge in [0.15, 0.2) is 0 Å². The van der Waals surface area contributed by atoms with Crippen LogP contribution in [0.3, 0.4) is 0 Å². The first-order valence-electron chi connectivity index (χ1n) is 6.88. The van der Waals surface area contributed by atoms with Crippen LogP contribution in [0.25, 0.3) is 0 Å². The lowest BCUT2D eigenvalue weighted by Crippen LogP contribution is -2.37. The summed E-state index contributed by atoms with van der Waals surface area (Å²) in [6.07, 6.45) is 1.78. The summed E-state index contributed by atoms with van der Waals surface area (Å²) in [5.74, 6) is 0.426. The molecule has 0 unspecified atom stereocenters. The molecule has 0 aromatic carbocycles. The predicted octanol–water partition coefficient (Wildman–Crippen LogP) is 1.26. The van der Waals surface area contributed by atoms with E-state index < -0.39 is 6.09 Å². The molecule has 2 N–H and O–H groups in total. The number of piperidine rings is 1. The van der Waals surface area contributed by atoms with Gasteiger partial charge in [-0.25, -0.2) is 4.79 Å². The van der Waals surface area contributed by atoms with Crippen molar-refractivity contribution in [2.24, 2.45) is 5.92 Å². The summed E-state index contributed by atoms with van der Waals surface area (Å²) in [6.45, 7) is 1.72. The molecule has 1 aromatic heterocycles. The molecule has 3 rings (SSSR count). The minimum atomic E-state index is -0.830. The van der Waals surface area contributed by atoms with Crippen LogP contribution >= 0.6 is 0 Å². The van der Waals surface area contributed by atoms with E-state index in [1.165, 1.54) is 4.90 Å². The zero-order valence-corrected chi connectivity index (χ0v) is 11.1. The number of nitrogens with one attached hydrogen (secondary N) is 1. The SMILES string of the molecule is O=C1NCc2nc(CC3CCN(C(=O)O)CC3)ccc21. The van der Waals surface area contributed by atoms with E-state index in [0.717, 1.165) is 30.7 Å². The van der Waals surface area contributed by atoms with Crippen molar-refractivity contribution in [3.63, 3.8) is 0 Å². The van der Waals surface area contributed by atoms with Crippen molar-refractivity contribution >= 4 is 12.0 Å². The average molecular weight is 275 g/mol. The lowest BCUT2D eigenvalue weighted by molar-refractivity contribution is 0.0965. The Morgan fingerprint density at radius 2 is 2.15 bits per heavy atom. The van der Waals surface area contributed by atoms with Gasteiger partial charge in [-0.2, -0.15) is 0 Å². The number of carbonyl (C=O) groups is 2. The summed E-state index contributed by atoms with van der Waals surface area (Å²) in [4.78, 5) is 28.3. The van der Waals surface area contributed by atoms with E-state index >= 15 is 0 Å². The second-order valence-corrected chi connectivity index (χ2v) is 5.40. The fourth-order valence-electron chi connectivity index (χ4n) is 2.89. The number of pyridine rings is 1. The number of likely N-dealkylation sites (tertiary alicyclic amines) is 1. The van der Waals surface area contributed by atoms with Gasteiger partial charge in [0.25, 0.3) is 5.91 Å². The van der Waals surface area contributed by atoms with Gasteiger partial charge in [0, 0.05) is 18.8 Å². The molecule has 6 nitrogen and oxygen atoms in total. The maximum Gasteiger partial charge on any atom is 0.407 e. The van der Waals surface area contributed by atoms with E-state index in [9.17, 15) is 9.59 Å². The van der Waals surface area contributed by atoms with E-state index in [4.69, 9.17) is 5.11 Å². The molecule has 1 aromatic rings. The van der Waals surface area contributed by atoms with Crippen LogP contribution in [0.5, 0.6) is 0 Å². The standard InChI is InChI=1S/C14H17N3O3/c18-13-11-2-1-10(16-12(11)8-15-13)7-9-3-5-17(6-4-9)14(19)20/h1-2,9H,3-8H2,(H,15,18)(H,19,20). The van der Waals surface area contributed by atoms with Gasteiger partial charge in [0.2, 0.25) is 0 Å². The van der Waals surface area contributed by atoms with Crippen molar-refractivity contribution in [3.8, 4) is 0 Å². The first-order valence-corrected chi connectivity index (χ1v) is 6.88. The van der Waals surface area contributed by atoms with Crippen LogP contribution in [-0.2, 0) is 13.0 Å². The molecule has 3 heterocycles. The Hall–Kier alpha value is -2.11. The molecular formula is C14H17N3O3. The fourth-order valence-corrected chi connectivity index (χ4v) is 2.89. The van der Waals surface area contributed by atoms with Crippen molar-refractivity contribution in [2.45, 2.75) is 25.8 Å². The highest BCUT2D eigenvalue weighted by Crippen LogP contribution is 2.22. The normalized spacial score (nSPS) is 18.8. The molecule has 0 saturated carbocycles. The zero-order chi connectivity index (χ0) is 14.1. The van der Waals surface area contributed by atoms with E-state index in [1.807, 2.05) is 12.1 Å². The van der Waals surface area contributed by atoms with Crippen LogP contribution in [0.1, 0.15) is 34.6 Å². The minimum Gasteiger partial charge on any atom is -0.465 e. The molecular weight excluding hydrogens is 258 g/mol. The molecule has 0 atom stereocenters. The molecule has 2 aliphatic rings. The summed E-state index contributed by atoms with van der Waals surface area (Å²) in [5, 5.41) is 11.7. The third kappa shape index (κ3) is 2.45. The number of amides is 2. The lowest BCUT2D eigenvalue weighted by atomic mass is 9.92. The molecule has 0 radical (unpaired) electrons. The highest BCUT2D eigenvalue weighted by Gasteiger charge is 2.24. The third-order valence-corrected chi connectivity index (χ3v) is 4.08. The summed E-state index contributed by atoms with van der Waals surface area (Å²) in [6, 6.07) is 3.75. The van der Waals surface area contributed by atoms with Gasteiger partial charge in [-0.3, -0.25) is 9.78 Å². The Kier molecular flexibility index (Phi) is 3.30. The van der Waals surface area contributed by atoms with Crippen molar-refractivity contribution in [3.05, 3.63) is 29.1 Å². The van der Waals surface area contributed by atoms with E-state index in [-0.39, 0.29) is 5.91 Å². The Balaban J connectivity index is 1.62. The van der Waals surface area contributed by atoms with Crippen LogP contribution in [0.2, 0.25) is 0 Å². The smallest absolute Gasteiger partial charge is 0.407 e. The molecule has 1 fully saturated rings. The van der Waals surface area contributed by atoms with Gasteiger partial charge in [-0.1, -0.05) is 0 Å². The minimum absolute atomic E-state index is 0.0474. The summed E-state index contributed by atoms with van der Waals surface area (Å²) < 4.78 is 0. The summed E-state index contributed by atoms with van der Waals surface area (Å²) >= 11 is 0. The van der Waals surface area contributed by atoms with Gasteiger partial charge in [0.1, 0.15) is 0 Å². The van der Waals surface area contributed by atoms with E-state index in [2.05, 4.69) is 10.3 Å². The molecule has 106 valence electrons. The third-order valence-electron chi connectivity index (χ3n) is 4.08. The van der Waals surface area contributed by atoms with Gasteiger partial charge >= 0.3 is 6.09 Å². The first kappa shape index (κ1) is 12.9. The summed E-state index contributed by atoms with van der Waals surface area (Å²) in [5.41, 5.74) is 2.50. The monoisotopic (exact) mass is 275 g/mol. The highest BCUT2D eigenvalue weighted by molar-refractivity contribution is 5.97.